The smallest absolute Gasteiger partial charge is 0.290 e. The molecule has 0 aliphatic carbocycles. The summed E-state index contributed by atoms with van der Waals surface area (Å²) in [5.41, 5.74) is 8.51. The van der Waals surface area contributed by atoms with Crippen molar-refractivity contribution in [3.05, 3.63) is 48.0 Å². The van der Waals surface area contributed by atoms with Crippen LogP contribution in [0.4, 0.5) is 11.6 Å². The van der Waals surface area contributed by atoms with E-state index < -0.39 is 5.91 Å². The van der Waals surface area contributed by atoms with Gasteiger partial charge in [0.2, 0.25) is 0 Å². The van der Waals surface area contributed by atoms with E-state index in [1.54, 1.807) is 24.7 Å². The first-order chi connectivity index (χ1) is 15.5. The summed E-state index contributed by atoms with van der Waals surface area (Å²) in [4.78, 5) is 50.4. The van der Waals surface area contributed by atoms with Gasteiger partial charge >= 0.3 is 0 Å². The van der Waals surface area contributed by atoms with E-state index in [4.69, 9.17) is 25.5 Å². The molecule has 0 saturated carbocycles. The predicted octanol–water partition coefficient (Wildman–Crippen LogP) is 0.555. The highest BCUT2D eigenvalue weighted by molar-refractivity contribution is 5.97. The molecule has 0 radical (unpaired) electrons. The van der Waals surface area contributed by atoms with Crippen LogP contribution >= 0.6 is 0 Å². The molecule has 4 N–H and O–H groups in total. The van der Waals surface area contributed by atoms with E-state index >= 15 is 0 Å². The molecule has 1 amide bonds. The van der Waals surface area contributed by atoms with Crippen LogP contribution in [0.1, 0.15) is 16.1 Å². The van der Waals surface area contributed by atoms with Crippen molar-refractivity contribution in [2.45, 2.75) is 6.92 Å². The number of fused-ring (bicyclic) bond motifs is 1. The average Bonchev–Trinajstić information content (AvgIpc) is 2.80. The van der Waals surface area contributed by atoms with Crippen molar-refractivity contribution in [1.82, 2.24) is 19.9 Å². The van der Waals surface area contributed by atoms with Crippen LogP contribution in [0.25, 0.3) is 11.0 Å². The number of hydrogen-bond donors (Lipinski definition) is 3. The molecule has 12 heteroatoms. The first-order valence-corrected chi connectivity index (χ1v) is 9.45. The van der Waals surface area contributed by atoms with Crippen molar-refractivity contribution in [3.63, 3.8) is 0 Å². The number of aromatic nitrogens is 4. The maximum atomic E-state index is 11.6. The molecule has 3 aromatic heterocycles. The lowest BCUT2D eigenvalue weighted by atomic mass is 10.2. The number of carboxylic acid groups (broad SMARTS) is 2. The fraction of sp³-hybridized carbons (Fsp3) is 0.250. The fourth-order valence-corrected chi connectivity index (χ4v) is 3.23. The highest BCUT2D eigenvalue weighted by atomic mass is 16.3. The summed E-state index contributed by atoms with van der Waals surface area (Å²) < 4.78 is 0. The Hall–Kier alpha value is -4.35. The number of amides is 1. The quantitative estimate of drug-likeness (QED) is 0.484. The van der Waals surface area contributed by atoms with Gasteiger partial charge in [-0.15, -0.1) is 0 Å². The third-order valence-corrected chi connectivity index (χ3v) is 4.53. The van der Waals surface area contributed by atoms with Gasteiger partial charge < -0.3 is 25.7 Å². The summed E-state index contributed by atoms with van der Waals surface area (Å²) in [5.74, 6) is 1.02. The Morgan fingerprint density at radius 1 is 0.969 bits per heavy atom. The summed E-state index contributed by atoms with van der Waals surface area (Å²) >= 11 is 0. The first kappa shape index (κ1) is 23.9. The molecule has 0 unspecified atom stereocenters. The molecule has 1 saturated heterocycles. The zero-order valence-electron chi connectivity index (χ0n) is 17.3. The minimum absolute atomic E-state index is 0.250. The van der Waals surface area contributed by atoms with Crippen molar-refractivity contribution < 1.29 is 24.6 Å². The number of carbonyl (C=O) groups excluding carboxylic acids is 1. The lowest BCUT2D eigenvalue weighted by Crippen LogP contribution is -2.47. The Labute approximate surface area is 183 Å². The number of pyridine rings is 2. The maximum absolute atomic E-state index is 11.6. The van der Waals surface area contributed by atoms with E-state index in [-0.39, 0.29) is 12.9 Å². The van der Waals surface area contributed by atoms with E-state index in [2.05, 4.69) is 29.7 Å². The van der Waals surface area contributed by atoms with Crippen LogP contribution < -0.4 is 15.5 Å². The van der Waals surface area contributed by atoms with Gasteiger partial charge in [0.25, 0.3) is 18.9 Å². The second-order valence-electron chi connectivity index (χ2n) is 6.44. The Balaban J connectivity index is 0.000000547. The molecule has 0 atom stereocenters. The third-order valence-electron chi connectivity index (χ3n) is 4.53. The molecule has 0 bridgehead atoms. The first-order valence-electron chi connectivity index (χ1n) is 9.45. The van der Waals surface area contributed by atoms with Gasteiger partial charge in [0.1, 0.15) is 17.7 Å². The minimum Gasteiger partial charge on any atom is -0.483 e. The van der Waals surface area contributed by atoms with Crippen molar-refractivity contribution in [3.8, 4) is 0 Å². The van der Waals surface area contributed by atoms with Crippen LogP contribution in [-0.2, 0) is 9.59 Å². The molecule has 1 aliphatic heterocycles. The highest BCUT2D eigenvalue weighted by Crippen LogP contribution is 2.24. The Bertz CT molecular complexity index is 1070. The number of nitrogens with two attached hydrogens (primary N) is 1. The van der Waals surface area contributed by atoms with E-state index in [0.717, 1.165) is 35.6 Å². The van der Waals surface area contributed by atoms with Gasteiger partial charge in [0, 0.05) is 38.1 Å². The van der Waals surface area contributed by atoms with Crippen LogP contribution in [0.5, 0.6) is 0 Å². The number of primary amides is 1. The molecule has 0 spiro atoms. The lowest BCUT2D eigenvalue weighted by Gasteiger charge is -2.36. The molecule has 12 nitrogen and oxygen atoms in total. The number of nitrogens with zero attached hydrogens (tertiary/aromatic N) is 6. The van der Waals surface area contributed by atoms with Crippen molar-refractivity contribution >= 4 is 41.5 Å². The van der Waals surface area contributed by atoms with Crippen LogP contribution in [0.15, 0.2) is 36.8 Å². The van der Waals surface area contributed by atoms with Crippen molar-refractivity contribution in [2.24, 2.45) is 5.73 Å². The Kier molecular flexibility index (Phi) is 8.78. The van der Waals surface area contributed by atoms with E-state index in [1.165, 1.54) is 0 Å². The zero-order valence-corrected chi connectivity index (χ0v) is 17.3. The number of piperazine rings is 1. The summed E-state index contributed by atoms with van der Waals surface area (Å²) in [6.45, 7) is 4.39. The predicted molar refractivity (Wildman–Crippen MR) is 117 cm³/mol. The largest absolute Gasteiger partial charge is 0.483 e. The summed E-state index contributed by atoms with van der Waals surface area (Å²) in [5, 5.41) is 13.8. The maximum Gasteiger partial charge on any atom is 0.290 e. The average molecular weight is 441 g/mol. The van der Waals surface area contributed by atoms with Crippen molar-refractivity contribution in [2.75, 3.05) is 36.0 Å². The molecular formula is C20H23N7O5. The zero-order chi connectivity index (χ0) is 23.5. The van der Waals surface area contributed by atoms with E-state index in [1.807, 2.05) is 19.1 Å². The Morgan fingerprint density at radius 2 is 1.56 bits per heavy atom. The molecular weight excluding hydrogens is 418 g/mol. The number of rotatable bonds is 3. The summed E-state index contributed by atoms with van der Waals surface area (Å²) in [6.07, 6.45) is 3.25. The molecule has 168 valence electrons. The molecule has 3 aromatic rings. The van der Waals surface area contributed by atoms with E-state index in [9.17, 15) is 4.79 Å². The van der Waals surface area contributed by atoms with Gasteiger partial charge in [-0.1, -0.05) is 0 Å². The topological polar surface area (TPSA) is 176 Å². The standard InChI is InChI=1S/C18H19N7O.2CH2O2/c1-12-4-5-14-15(23-12)18(22-11-21-14)25-9-7-24(8-10-25)17-13(16(19)26)3-2-6-20-17;2*2-1-3/h2-6,11H,7-10H2,1H3,(H2,19,26);2*1H,(H,2,3). The van der Waals surface area contributed by atoms with Gasteiger partial charge in [-0.2, -0.15) is 0 Å². The summed E-state index contributed by atoms with van der Waals surface area (Å²) in [6, 6.07) is 7.35. The third kappa shape index (κ3) is 5.84. The van der Waals surface area contributed by atoms with Gasteiger partial charge in [-0.25, -0.2) is 19.9 Å². The van der Waals surface area contributed by atoms with Crippen LogP contribution in [0.3, 0.4) is 0 Å². The Morgan fingerprint density at radius 3 is 2.16 bits per heavy atom. The normalized spacial score (nSPS) is 12.7. The van der Waals surface area contributed by atoms with Crippen LogP contribution in [-0.4, -0.2) is 75.2 Å². The molecule has 4 heterocycles. The second-order valence-corrected chi connectivity index (χ2v) is 6.44. The monoisotopic (exact) mass is 441 g/mol. The second kappa shape index (κ2) is 11.7. The summed E-state index contributed by atoms with van der Waals surface area (Å²) in [7, 11) is 0. The fourth-order valence-electron chi connectivity index (χ4n) is 3.23. The molecule has 4 rings (SSSR count). The number of anilines is 2. The number of carbonyl (C=O) groups is 3. The minimum atomic E-state index is -0.461. The number of hydrogen-bond acceptors (Lipinski definition) is 9. The number of aryl methyl sites for hydroxylation is 1. The lowest BCUT2D eigenvalue weighted by molar-refractivity contribution is -0.123. The van der Waals surface area contributed by atoms with Crippen LogP contribution in [0, 0.1) is 6.92 Å². The van der Waals surface area contributed by atoms with Gasteiger partial charge in [0.15, 0.2) is 5.82 Å². The van der Waals surface area contributed by atoms with Crippen molar-refractivity contribution in [1.29, 1.82) is 0 Å². The molecule has 0 aromatic carbocycles. The van der Waals surface area contributed by atoms with Crippen LogP contribution in [0.2, 0.25) is 0 Å². The molecule has 1 aliphatic rings. The van der Waals surface area contributed by atoms with Gasteiger partial charge in [0.05, 0.1) is 11.1 Å². The van der Waals surface area contributed by atoms with Gasteiger partial charge in [-0.05, 0) is 31.2 Å². The van der Waals surface area contributed by atoms with Gasteiger partial charge in [-0.3, -0.25) is 14.4 Å². The highest BCUT2D eigenvalue weighted by Gasteiger charge is 2.23. The SMILES string of the molecule is Cc1ccc2ncnc(N3CCN(c4ncccc4C(N)=O)CC3)c2n1.O=CO.O=CO. The molecule has 1 fully saturated rings. The molecule has 32 heavy (non-hydrogen) atoms. The van der Waals surface area contributed by atoms with E-state index in [0.29, 0.717) is 24.5 Å².